The van der Waals surface area contributed by atoms with Crippen LogP contribution in [0.25, 0.3) is 32.6 Å². The Morgan fingerprint density at radius 2 is 1.64 bits per heavy atom. The smallest absolute Gasteiger partial charge is 0.239 e. The van der Waals surface area contributed by atoms with Gasteiger partial charge in [-0.1, -0.05) is 18.2 Å². The molecule has 0 radical (unpaired) electrons. The molecule has 0 aliphatic heterocycles. The van der Waals surface area contributed by atoms with Crippen molar-refractivity contribution in [2.24, 2.45) is 7.05 Å². The molecule has 172 valence electrons. The number of aromatic nitrogens is 2. The number of thiazole rings is 1. The average Bonchev–Trinajstić information content (AvgIpc) is 3.20. The number of fused-ring (bicyclic) bond motifs is 1. The first kappa shape index (κ1) is 16.8. The number of rotatable bonds is 3. The minimum atomic E-state index is -4.70. The molecule has 0 unspecified atom stereocenters. The number of alkyl halides is 4. The van der Waals surface area contributed by atoms with Gasteiger partial charge in [-0.25, -0.2) is 13.9 Å². The van der Waals surface area contributed by atoms with E-state index in [-0.39, 0.29) is 38.0 Å². The molecule has 4 rings (SSSR count). The van der Waals surface area contributed by atoms with Gasteiger partial charge >= 0.3 is 6.18 Å². The Bertz CT molecular complexity index is 1550. The highest BCUT2D eigenvalue weighted by Gasteiger charge is 2.38. The molecule has 4 aromatic rings. The molecule has 2 aromatic carbocycles. The first-order valence-electron chi connectivity index (χ1n) is 13.1. The lowest BCUT2D eigenvalue weighted by atomic mass is 9.87. The molecule has 2 aromatic heterocycles. The molecule has 0 amide bonds. The van der Waals surface area contributed by atoms with E-state index in [1.165, 1.54) is 38.1 Å². The van der Waals surface area contributed by atoms with Gasteiger partial charge in [0.2, 0.25) is 5.69 Å². The molecule has 0 spiro atoms. The lowest BCUT2D eigenvalue weighted by Gasteiger charge is -2.21. The fraction of sp³-hybridized carbons (Fsp3) is 0.308. The van der Waals surface area contributed by atoms with Gasteiger partial charge in [0.05, 0.1) is 15.8 Å². The molecule has 2 heterocycles. The van der Waals surface area contributed by atoms with E-state index in [9.17, 15) is 13.2 Å². The largest absolute Gasteiger partial charge is 0.443 e. The second kappa shape index (κ2) is 7.90. The van der Waals surface area contributed by atoms with Crippen molar-refractivity contribution in [3.05, 3.63) is 69.9 Å². The number of benzene rings is 2. The van der Waals surface area contributed by atoms with Gasteiger partial charge in [-0.3, -0.25) is 0 Å². The first-order chi connectivity index (χ1) is 17.7. The molecular weight excluding hydrogens is 448 g/mol. The molecule has 0 fully saturated rings. The molecule has 0 bridgehead atoms. The van der Waals surface area contributed by atoms with Crippen molar-refractivity contribution < 1.29 is 30.4 Å². The van der Waals surface area contributed by atoms with Crippen molar-refractivity contribution >= 4 is 21.6 Å². The summed E-state index contributed by atoms with van der Waals surface area (Å²) >= 11 is 0.359. The van der Waals surface area contributed by atoms with Gasteiger partial charge < -0.3 is 0 Å². The Balaban J connectivity index is 2.11. The highest BCUT2D eigenvalue weighted by Crippen LogP contribution is 2.45. The van der Waals surface area contributed by atoms with Crippen molar-refractivity contribution in [2.45, 2.75) is 46.3 Å². The molecule has 0 N–H and O–H groups in total. The Kier molecular flexibility index (Phi) is 4.01. The van der Waals surface area contributed by atoms with E-state index in [2.05, 4.69) is 4.98 Å². The number of hydrogen-bond donors (Lipinski definition) is 0. The summed E-state index contributed by atoms with van der Waals surface area (Å²) < 4.78 is 106. The lowest BCUT2D eigenvalue weighted by Crippen LogP contribution is -2.31. The zero-order chi connectivity index (χ0) is 29.3. The molecular formula is C26H25F4N2S+. The lowest BCUT2D eigenvalue weighted by molar-refractivity contribution is -0.660. The minimum absolute atomic E-state index is 0.0105. The van der Waals surface area contributed by atoms with Gasteiger partial charge in [0.15, 0.2) is 11.2 Å². The van der Waals surface area contributed by atoms with Gasteiger partial charge in [-0.05, 0) is 68.4 Å². The summed E-state index contributed by atoms with van der Waals surface area (Å²) in [7, 11) is 1.66. The van der Waals surface area contributed by atoms with Crippen molar-refractivity contribution in [3.8, 4) is 22.4 Å². The Morgan fingerprint density at radius 3 is 2.21 bits per heavy atom. The molecule has 7 heteroatoms. The molecule has 33 heavy (non-hydrogen) atoms. The van der Waals surface area contributed by atoms with Crippen LogP contribution in [0.1, 0.15) is 49.3 Å². The highest BCUT2D eigenvalue weighted by molar-refractivity contribution is 7.18. The van der Waals surface area contributed by atoms with Crippen LogP contribution in [0.3, 0.4) is 0 Å². The molecule has 0 aliphatic rings. The van der Waals surface area contributed by atoms with Crippen LogP contribution in [0, 0.1) is 20.6 Å². The summed E-state index contributed by atoms with van der Waals surface area (Å²) in [6.45, 7) is -1.14. The van der Waals surface area contributed by atoms with Crippen LogP contribution in [0.4, 0.5) is 17.6 Å². The molecule has 0 saturated carbocycles. The van der Waals surface area contributed by atoms with Gasteiger partial charge in [-0.15, -0.1) is 11.3 Å². The number of halogens is 4. The molecule has 2 nitrogen and oxygen atoms in total. The topological polar surface area (TPSA) is 16.8 Å². The third kappa shape index (κ3) is 4.14. The van der Waals surface area contributed by atoms with E-state index < -0.39 is 30.6 Å². The van der Waals surface area contributed by atoms with Gasteiger partial charge in [-0.2, -0.15) is 13.2 Å². The quantitative estimate of drug-likeness (QED) is 0.218. The second-order valence-electron chi connectivity index (χ2n) is 8.42. The number of pyridine rings is 1. The minimum Gasteiger partial charge on any atom is -0.239 e. The van der Waals surface area contributed by atoms with E-state index in [1.54, 1.807) is 36.9 Å². The van der Waals surface area contributed by atoms with Crippen LogP contribution in [-0.2, 0) is 18.9 Å². The molecule has 0 saturated heterocycles. The van der Waals surface area contributed by atoms with E-state index in [1.807, 2.05) is 0 Å². The Hall–Kier alpha value is -2.80. The zero-order valence-corrected chi connectivity index (χ0v) is 19.2. The van der Waals surface area contributed by atoms with E-state index in [0.717, 1.165) is 0 Å². The van der Waals surface area contributed by atoms with E-state index in [4.69, 9.17) is 8.22 Å². The zero-order valence-electron chi connectivity index (χ0n) is 24.4. The maximum absolute atomic E-state index is 15.8. The van der Waals surface area contributed by atoms with E-state index >= 15 is 4.39 Å². The fourth-order valence-corrected chi connectivity index (χ4v) is 5.16. The normalized spacial score (nSPS) is 16.0. The number of hydrogen-bond acceptors (Lipinski definition) is 2. The third-order valence-electron chi connectivity index (χ3n) is 5.47. The summed E-state index contributed by atoms with van der Waals surface area (Å²) in [6, 6.07) is 8.63. The van der Waals surface area contributed by atoms with Crippen LogP contribution in [-0.4, -0.2) is 4.98 Å². The van der Waals surface area contributed by atoms with Gasteiger partial charge in [0, 0.05) is 25.9 Å². The summed E-state index contributed by atoms with van der Waals surface area (Å²) in [4.78, 5) is 3.71. The summed E-state index contributed by atoms with van der Waals surface area (Å²) in [6.07, 6.45) is -3.12. The van der Waals surface area contributed by atoms with Crippen LogP contribution >= 0.6 is 11.3 Å². The van der Waals surface area contributed by atoms with E-state index in [0.29, 0.717) is 28.2 Å². The predicted molar refractivity (Wildman–Crippen MR) is 125 cm³/mol. The van der Waals surface area contributed by atoms with Crippen LogP contribution in [0.2, 0.25) is 0 Å². The maximum atomic E-state index is 15.8. The fourth-order valence-electron chi connectivity index (χ4n) is 4.05. The third-order valence-corrected chi connectivity index (χ3v) is 6.61. The maximum Gasteiger partial charge on any atom is 0.443 e. The SMILES string of the molecule is [2H]C([2H])([2H])c1cccc(C([2H])([2H])[2H])c1-c1cc[n+](C)c(-c2c(C)cc3nc(C(F)(F)F)sc3c2C(C)(C)F)c1. The highest BCUT2D eigenvalue weighted by atomic mass is 32.1. The average molecular weight is 480 g/mol. The van der Waals surface area contributed by atoms with Crippen molar-refractivity contribution in [2.75, 3.05) is 0 Å². The Morgan fingerprint density at radius 1 is 0.970 bits per heavy atom. The van der Waals surface area contributed by atoms with Crippen molar-refractivity contribution in [1.82, 2.24) is 4.98 Å². The predicted octanol–water partition coefficient (Wildman–Crippen LogP) is 7.60. The van der Waals surface area contributed by atoms with Gasteiger partial charge in [0.1, 0.15) is 12.7 Å². The first-order valence-corrected chi connectivity index (χ1v) is 10.9. The molecule has 0 aliphatic carbocycles. The Labute approximate surface area is 203 Å². The summed E-state index contributed by atoms with van der Waals surface area (Å²) in [5, 5.41) is -1.09. The van der Waals surface area contributed by atoms with Crippen molar-refractivity contribution in [3.63, 3.8) is 0 Å². The standard InChI is InChI=1S/C26H25F4N2S/c1-14-8-7-9-15(2)20(14)17-10-11-32(6)19(13-17)21-16(3)12-18-23(22(21)25(4,5)27)33-24(31-18)26(28,29)30/h7-13H,1-6H3/q+1/i1D3,2D3. The molecule has 0 atom stereocenters. The summed E-state index contributed by atoms with van der Waals surface area (Å²) in [5.74, 6) is 0. The van der Waals surface area contributed by atoms with Crippen LogP contribution < -0.4 is 4.57 Å². The van der Waals surface area contributed by atoms with Crippen LogP contribution in [0.5, 0.6) is 0 Å². The number of aryl methyl sites for hydroxylation is 4. The number of nitrogens with zero attached hydrogens (tertiary/aromatic N) is 2. The van der Waals surface area contributed by atoms with Gasteiger partial charge in [0.25, 0.3) is 0 Å². The monoisotopic (exact) mass is 479 g/mol. The second-order valence-corrected chi connectivity index (χ2v) is 9.42. The van der Waals surface area contributed by atoms with Crippen molar-refractivity contribution in [1.29, 1.82) is 0 Å². The van der Waals surface area contributed by atoms with Crippen LogP contribution in [0.15, 0.2) is 42.6 Å². The summed E-state index contributed by atoms with van der Waals surface area (Å²) in [5.41, 5.74) is -0.958.